The van der Waals surface area contributed by atoms with Crippen LogP contribution in [0.2, 0.25) is 0 Å². The van der Waals surface area contributed by atoms with Crippen LogP contribution in [-0.2, 0) is 6.42 Å². The summed E-state index contributed by atoms with van der Waals surface area (Å²) in [6, 6.07) is 8.70. The molecule has 2 nitrogen and oxygen atoms in total. The van der Waals surface area contributed by atoms with E-state index in [1.807, 2.05) is 0 Å². The molecule has 0 bridgehead atoms. The van der Waals surface area contributed by atoms with Gasteiger partial charge in [-0.2, -0.15) is 0 Å². The van der Waals surface area contributed by atoms with E-state index in [1.165, 1.54) is 24.1 Å². The van der Waals surface area contributed by atoms with Crippen molar-refractivity contribution in [3.63, 3.8) is 0 Å². The summed E-state index contributed by atoms with van der Waals surface area (Å²) in [6.45, 7) is 4.43. The number of nitrogens with two attached hydrogens (primary N) is 1. The Morgan fingerprint density at radius 3 is 2.93 bits per heavy atom. The average Bonchev–Trinajstić information content (AvgIpc) is 2.65. The zero-order chi connectivity index (χ0) is 10.5. The summed E-state index contributed by atoms with van der Waals surface area (Å²) >= 11 is 0. The van der Waals surface area contributed by atoms with Crippen molar-refractivity contribution in [1.82, 2.24) is 0 Å². The molecule has 1 aliphatic heterocycles. The maximum Gasteiger partial charge on any atom is 0.0400 e. The van der Waals surface area contributed by atoms with Crippen molar-refractivity contribution in [3.05, 3.63) is 29.8 Å². The van der Waals surface area contributed by atoms with Gasteiger partial charge in [0.1, 0.15) is 0 Å². The van der Waals surface area contributed by atoms with E-state index in [-0.39, 0.29) is 5.54 Å². The fourth-order valence-electron chi connectivity index (χ4n) is 2.66. The second kappa shape index (κ2) is 2.99. The Morgan fingerprint density at radius 2 is 2.20 bits per heavy atom. The lowest BCUT2D eigenvalue weighted by Gasteiger charge is -2.23. The number of rotatable bonds is 2. The SMILES string of the molecule is CC1CC1(N)CN1CCc2ccccc21. The van der Waals surface area contributed by atoms with Crippen LogP contribution < -0.4 is 10.6 Å². The fraction of sp³-hybridized carbons (Fsp3) is 0.538. The molecule has 2 unspecified atom stereocenters. The van der Waals surface area contributed by atoms with E-state index >= 15 is 0 Å². The summed E-state index contributed by atoms with van der Waals surface area (Å²) in [4.78, 5) is 2.46. The van der Waals surface area contributed by atoms with Crippen molar-refractivity contribution in [1.29, 1.82) is 0 Å². The van der Waals surface area contributed by atoms with Gasteiger partial charge < -0.3 is 10.6 Å². The summed E-state index contributed by atoms with van der Waals surface area (Å²) < 4.78 is 0. The molecule has 0 radical (unpaired) electrons. The highest BCUT2D eigenvalue weighted by atomic mass is 15.2. The van der Waals surface area contributed by atoms with Crippen LogP contribution in [0.3, 0.4) is 0 Å². The molecule has 1 heterocycles. The molecule has 2 N–H and O–H groups in total. The largest absolute Gasteiger partial charge is 0.369 e. The Labute approximate surface area is 91.1 Å². The van der Waals surface area contributed by atoms with Crippen molar-refractivity contribution < 1.29 is 0 Å². The van der Waals surface area contributed by atoms with Gasteiger partial charge in [-0.15, -0.1) is 0 Å². The van der Waals surface area contributed by atoms with Crippen LogP contribution >= 0.6 is 0 Å². The summed E-state index contributed by atoms with van der Waals surface area (Å²) in [5.41, 5.74) is 9.27. The number of anilines is 1. The predicted molar refractivity (Wildman–Crippen MR) is 63.1 cm³/mol. The van der Waals surface area contributed by atoms with Crippen LogP contribution in [0.25, 0.3) is 0 Å². The Kier molecular flexibility index (Phi) is 1.84. The van der Waals surface area contributed by atoms with Gasteiger partial charge >= 0.3 is 0 Å². The third kappa shape index (κ3) is 1.44. The number of para-hydroxylation sites is 1. The topological polar surface area (TPSA) is 29.3 Å². The van der Waals surface area contributed by atoms with Gasteiger partial charge in [-0.05, 0) is 30.4 Å². The number of nitrogens with zero attached hydrogens (tertiary/aromatic N) is 1. The molecule has 15 heavy (non-hydrogen) atoms. The van der Waals surface area contributed by atoms with Gasteiger partial charge in [-0.25, -0.2) is 0 Å². The van der Waals surface area contributed by atoms with Crippen molar-refractivity contribution in [2.45, 2.75) is 25.3 Å². The van der Waals surface area contributed by atoms with Crippen LogP contribution in [0.5, 0.6) is 0 Å². The molecular formula is C13H18N2. The molecule has 0 spiro atoms. The molecule has 2 aliphatic rings. The first-order chi connectivity index (χ1) is 7.19. The molecule has 0 aromatic heterocycles. The van der Waals surface area contributed by atoms with Crippen molar-refractivity contribution in [2.75, 3.05) is 18.0 Å². The molecular weight excluding hydrogens is 184 g/mol. The lowest BCUT2D eigenvalue weighted by Crippen LogP contribution is -2.40. The van der Waals surface area contributed by atoms with E-state index in [0.717, 1.165) is 13.1 Å². The second-order valence-electron chi connectivity index (χ2n) is 5.14. The van der Waals surface area contributed by atoms with E-state index in [4.69, 9.17) is 5.73 Å². The van der Waals surface area contributed by atoms with Gasteiger partial charge in [0.2, 0.25) is 0 Å². The third-order valence-electron chi connectivity index (χ3n) is 3.98. The minimum absolute atomic E-state index is 0.0947. The van der Waals surface area contributed by atoms with E-state index < -0.39 is 0 Å². The first kappa shape index (κ1) is 9.22. The third-order valence-corrected chi connectivity index (χ3v) is 3.98. The van der Waals surface area contributed by atoms with Crippen LogP contribution in [0, 0.1) is 5.92 Å². The molecule has 80 valence electrons. The molecule has 2 heteroatoms. The van der Waals surface area contributed by atoms with E-state index in [1.54, 1.807) is 0 Å². The maximum atomic E-state index is 6.29. The summed E-state index contributed by atoms with van der Waals surface area (Å²) in [6.07, 6.45) is 2.37. The van der Waals surface area contributed by atoms with Crippen LogP contribution in [0.4, 0.5) is 5.69 Å². The highest BCUT2D eigenvalue weighted by molar-refractivity contribution is 5.58. The fourth-order valence-corrected chi connectivity index (χ4v) is 2.66. The molecule has 3 rings (SSSR count). The number of fused-ring (bicyclic) bond motifs is 1. The van der Waals surface area contributed by atoms with E-state index in [2.05, 4.69) is 36.1 Å². The zero-order valence-corrected chi connectivity index (χ0v) is 9.24. The van der Waals surface area contributed by atoms with Crippen LogP contribution in [0.1, 0.15) is 18.9 Å². The first-order valence-corrected chi connectivity index (χ1v) is 5.81. The van der Waals surface area contributed by atoms with E-state index in [0.29, 0.717) is 5.92 Å². The van der Waals surface area contributed by atoms with Crippen molar-refractivity contribution >= 4 is 5.69 Å². The Hall–Kier alpha value is -1.02. The molecule has 2 atom stereocenters. The molecule has 1 saturated carbocycles. The normalized spacial score (nSPS) is 32.9. The molecule has 1 aromatic carbocycles. The second-order valence-corrected chi connectivity index (χ2v) is 5.14. The molecule has 1 aliphatic carbocycles. The summed E-state index contributed by atoms with van der Waals surface area (Å²) in [5.74, 6) is 0.699. The molecule has 1 aromatic rings. The van der Waals surface area contributed by atoms with Gasteiger partial charge in [0, 0.05) is 24.3 Å². The van der Waals surface area contributed by atoms with Gasteiger partial charge in [0.25, 0.3) is 0 Å². The maximum absolute atomic E-state index is 6.29. The standard InChI is InChI=1S/C13H18N2/c1-10-8-13(10,14)9-15-7-6-11-4-2-3-5-12(11)15/h2-5,10H,6-9,14H2,1H3. The number of hydrogen-bond acceptors (Lipinski definition) is 2. The molecule has 0 saturated heterocycles. The minimum atomic E-state index is 0.0947. The monoisotopic (exact) mass is 202 g/mol. The number of benzene rings is 1. The Balaban J connectivity index is 1.80. The number of hydrogen-bond donors (Lipinski definition) is 1. The minimum Gasteiger partial charge on any atom is -0.369 e. The highest BCUT2D eigenvalue weighted by Gasteiger charge is 2.48. The van der Waals surface area contributed by atoms with Gasteiger partial charge in [0.15, 0.2) is 0 Å². The Bertz CT molecular complexity index is 388. The predicted octanol–water partition coefficient (Wildman–Crippen LogP) is 1.79. The lowest BCUT2D eigenvalue weighted by atomic mass is 10.1. The Morgan fingerprint density at radius 1 is 1.47 bits per heavy atom. The van der Waals surface area contributed by atoms with Gasteiger partial charge in [0.05, 0.1) is 0 Å². The van der Waals surface area contributed by atoms with Gasteiger partial charge in [-0.3, -0.25) is 0 Å². The summed E-state index contributed by atoms with van der Waals surface area (Å²) in [7, 11) is 0. The smallest absolute Gasteiger partial charge is 0.0400 e. The van der Waals surface area contributed by atoms with Crippen LogP contribution in [0.15, 0.2) is 24.3 Å². The lowest BCUT2D eigenvalue weighted by molar-refractivity contribution is 0.598. The van der Waals surface area contributed by atoms with Crippen molar-refractivity contribution in [2.24, 2.45) is 11.7 Å². The van der Waals surface area contributed by atoms with E-state index in [9.17, 15) is 0 Å². The van der Waals surface area contributed by atoms with Crippen LogP contribution in [-0.4, -0.2) is 18.6 Å². The molecule has 1 fully saturated rings. The first-order valence-electron chi connectivity index (χ1n) is 5.81. The average molecular weight is 202 g/mol. The van der Waals surface area contributed by atoms with Gasteiger partial charge in [-0.1, -0.05) is 25.1 Å². The van der Waals surface area contributed by atoms with Crippen molar-refractivity contribution in [3.8, 4) is 0 Å². The summed E-state index contributed by atoms with van der Waals surface area (Å²) in [5, 5.41) is 0. The highest BCUT2D eigenvalue weighted by Crippen LogP contribution is 2.42. The molecule has 0 amide bonds. The zero-order valence-electron chi connectivity index (χ0n) is 9.24. The quantitative estimate of drug-likeness (QED) is 0.792.